The molecule has 2 aromatic carbocycles. The molecule has 0 amide bonds. The molecule has 2 atom stereocenters. The maximum atomic E-state index is 13.6. The minimum absolute atomic E-state index is 0.0776. The van der Waals surface area contributed by atoms with Gasteiger partial charge in [-0.25, -0.2) is 13.4 Å². The van der Waals surface area contributed by atoms with Gasteiger partial charge in [-0.05, 0) is 38.3 Å². The first-order valence-corrected chi connectivity index (χ1v) is 12.0. The fourth-order valence-corrected chi connectivity index (χ4v) is 5.38. The highest BCUT2D eigenvalue weighted by Crippen LogP contribution is 2.45. The molecule has 10 heteroatoms. The normalized spacial score (nSPS) is 19.2. The van der Waals surface area contributed by atoms with E-state index in [1.54, 1.807) is 26.0 Å². The Kier molecular flexibility index (Phi) is 7.27. The van der Waals surface area contributed by atoms with Crippen LogP contribution in [0.15, 0.2) is 58.4 Å². The van der Waals surface area contributed by atoms with Crippen LogP contribution in [0.1, 0.15) is 37.4 Å². The Bertz CT molecular complexity index is 1160. The highest BCUT2D eigenvalue weighted by atomic mass is 32.2. The Balaban J connectivity index is 1.97. The van der Waals surface area contributed by atoms with Gasteiger partial charge in [0.2, 0.25) is 10.0 Å². The van der Waals surface area contributed by atoms with E-state index < -0.39 is 27.8 Å². The molecule has 2 aromatic rings. The summed E-state index contributed by atoms with van der Waals surface area (Å²) in [7, 11) is -4.09. The molecule has 0 saturated carbocycles. The van der Waals surface area contributed by atoms with E-state index in [1.165, 1.54) is 6.07 Å². The van der Waals surface area contributed by atoms with Gasteiger partial charge in [-0.3, -0.25) is 0 Å². The molecule has 3 rings (SSSR count). The third kappa shape index (κ3) is 5.27. The molecule has 9 nitrogen and oxygen atoms in total. The van der Waals surface area contributed by atoms with Gasteiger partial charge < -0.3 is 21.3 Å². The molecule has 0 aliphatic carbocycles. The first-order valence-electron chi connectivity index (χ1n) is 10.6. The van der Waals surface area contributed by atoms with Gasteiger partial charge >= 0.3 is 0 Å². The molecule has 0 radical (unpaired) electrons. The number of nitrogens with two attached hydrogens (primary N) is 2. The van der Waals surface area contributed by atoms with Crippen molar-refractivity contribution in [2.45, 2.75) is 49.3 Å². The van der Waals surface area contributed by atoms with Crippen LogP contribution in [0.4, 0.5) is 0 Å². The van der Waals surface area contributed by atoms with Gasteiger partial charge in [-0.1, -0.05) is 42.5 Å². The molecule has 33 heavy (non-hydrogen) atoms. The van der Waals surface area contributed by atoms with E-state index >= 15 is 0 Å². The van der Waals surface area contributed by atoms with E-state index in [1.807, 2.05) is 36.4 Å². The smallest absolute Gasteiger partial charge is 0.247 e. The van der Waals surface area contributed by atoms with Crippen molar-refractivity contribution in [3.8, 4) is 11.8 Å². The van der Waals surface area contributed by atoms with Crippen molar-refractivity contribution in [3.63, 3.8) is 0 Å². The number of rotatable bonds is 8. The second kappa shape index (κ2) is 9.79. The van der Waals surface area contributed by atoms with Crippen LogP contribution in [-0.2, 0) is 16.4 Å². The predicted molar refractivity (Wildman–Crippen MR) is 125 cm³/mol. The van der Waals surface area contributed by atoms with Gasteiger partial charge in [0, 0.05) is 12.1 Å². The molecule has 0 saturated heterocycles. The summed E-state index contributed by atoms with van der Waals surface area (Å²) in [4.78, 5) is 4.03. The lowest BCUT2D eigenvalue weighted by molar-refractivity contribution is -0.0586. The molecule has 5 N–H and O–H groups in total. The molecule has 1 aliphatic heterocycles. The summed E-state index contributed by atoms with van der Waals surface area (Å²) in [5.41, 5.74) is 11.4. The SMILES string of the molecule is CC1(C)Oc2c(cccc2S(=O)(=O)N(CC#N)CCCc2ccccc2)C(N=C(N)N)C1O. The topological polar surface area (TPSA) is 155 Å². The number of para-hydroxylation sites is 1. The number of aliphatic hydroxyl groups is 1. The van der Waals surface area contributed by atoms with E-state index in [9.17, 15) is 18.8 Å². The summed E-state index contributed by atoms with van der Waals surface area (Å²) in [6.07, 6.45) is 0.112. The zero-order chi connectivity index (χ0) is 24.2. The summed E-state index contributed by atoms with van der Waals surface area (Å²) in [6.45, 7) is 3.13. The minimum atomic E-state index is -4.09. The lowest BCUT2D eigenvalue weighted by Crippen LogP contribution is -2.49. The van der Waals surface area contributed by atoms with Crippen molar-refractivity contribution in [3.05, 3.63) is 59.7 Å². The van der Waals surface area contributed by atoms with Gasteiger partial charge in [0.25, 0.3) is 0 Å². The van der Waals surface area contributed by atoms with Crippen LogP contribution in [0.2, 0.25) is 0 Å². The fourth-order valence-electron chi connectivity index (χ4n) is 3.86. The third-order valence-corrected chi connectivity index (χ3v) is 7.44. The summed E-state index contributed by atoms with van der Waals surface area (Å²) in [6, 6.07) is 15.4. The second-order valence-electron chi connectivity index (χ2n) is 8.41. The monoisotopic (exact) mass is 471 g/mol. The van der Waals surface area contributed by atoms with Crippen molar-refractivity contribution in [2.75, 3.05) is 13.1 Å². The molecule has 0 fully saturated rings. The van der Waals surface area contributed by atoms with Crippen LogP contribution in [0, 0.1) is 11.3 Å². The number of benzene rings is 2. The predicted octanol–water partition coefficient (Wildman–Crippen LogP) is 1.68. The lowest BCUT2D eigenvalue weighted by Gasteiger charge is -2.41. The number of nitriles is 1. The number of sulfonamides is 1. The molecular weight excluding hydrogens is 442 g/mol. The number of aryl methyl sites for hydroxylation is 1. The van der Waals surface area contributed by atoms with Crippen LogP contribution in [0.5, 0.6) is 5.75 Å². The number of aliphatic imine (C=N–C) groups is 1. The first kappa shape index (κ1) is 24.5. The van der Waals surface area contributed by atoms with Crippen LogP contribution in [0.25, 0.3) is 0 Å². The summed E-state index contributed by atoms with van der Waals surface area (Å²) in [5.74, 6) is -0.156. The number of guanidine groups is 1. The zero-order valence-corrected chi connectivity index (χ0v) is 19.5. The Hall–Kier alpha value is -3.13. The maximum Gasteiger partial charge on any atom is 0.247 e. The fraction of sp³-hybridized carbons (Fsp3) is 0.391. The summed E-state index contributed by atoms with van der Waals surface area (Å²) in [5, 5.41) is 20.1. The second-order valence-corrected chi connectivity index (χ2v) is 10.3. The first-order chi connectivity index (χ1) is 15.6. The molecule has 0 aromatic heterocycles. The molecule has 176 valence electrons. The Morgan fingerprint density at radius 3 is 2.55 bits per heavy atom. The van der Waals surface area contributed by atoms with E-state index in [-0.39, 0.29) is 29.7 Å². The Morgan fingerprint density at radius 1 is 1.21 bits per heavy atom. The molecular formula is C23H29N5O4S. The van der Waals surface area contributed by atoms with E-state index in [0.29, 0.717) is 18.4 Å². The van der Waals surface area contributed by atoms with Crippen LogP contribution in [0.3, 0.4) is 0 Å². The van der Waals surface area contributed by atoms with Gasteiger partial charge in [0.1, 0.15) is 34.9 Å². The quantitative estimate of drug-likeness (QED) is 0.300. The number of hydrogen-bond donors (Lipinski definition) is 3. The van der Waals surface area contributed by atoms with Crippen molar-refractivity contribution >= 4 is 16.0 Å². The summed E-state index contributed by atoms with van der Waals surface area (Å²) >= 11 is 0. The largest absolute Gasteiger partial charge is 0.483 e. The molecule has 1 aliphatic rings. The average molecular weight is 472 g/mol. The van der Waals surface area contributed by atoms with Gasteiger partial charge in [-0.15, -0.1) is 0 Å². The zero-order valence-electron chi connectivity index (χ0n) is 18.7. The van der Waals surface area contributed by atoms with E-state index in [4.69, 9.17) is 16.2 Å². The number of hydrogen-bond acceptors (Lipinski definition) is 6. The van der Waals surface area contributed by atoms with Gasteiger partial charge in [-0.2, -0.15) is 9.57 Å². The van der Waals surface area contributed by atoms with Crippen molar-refractivity contribution in [1.29, 1.82) is 5.26 Å². The van der Waals surface area contributed by atoms with Gasteiger partial charge in [0.05, 0.1) is 6.07 Å². The number of aliphatic hydroxyl groups excluding tert-OH is 1. The molecule has 0 bridgehead atoms. The summed E-state index contributed by atoms with van der Waals surface area (Å²) < 4.78 is 34.3. The van der Waals surface area contributed by atoms with E-state index in [2.05, 4.69) is 4.99 Å². The van der Waals surface area contributed by atoms with Crippen molar-refractivity contribution in [1.82, 2.24) is 4.31 Å². The maximum absolute atomic E-state index is 13.6. The molecule has 0 spiro atoms. The number of fused-ring (bicyclic) bond motifs is 1. The highest BCUT2D eigenvalue weighted by molar-refractivity contribution is 7.89. The van der Waals surface area contributed by atoms with Crippen LogP contribution < -0.4 is 16.2 Å². The Morgan fingerprint density at radius 2 is 1.91 bits per heavy atom. The van der Waals surface area contributed by atoms with Gasteiger partial charge in [0.15, 0.2) is 5.96 Å². The molecule has 1 heterocycles. The number of nitrogens with zero attached hydrogens (tertiary/aromatic N) is 3. The highest BCUT2D eigenvalue weighted by Gasteiger charge is 2.45. The van der Waals surface area contributed by atoms with Crippen molar-refractivity contribution < 1.29 is 18.3 Å². The Labute approximate surface area is 194 Å². The lowest BCUT2D eigenvalue weighted by atomic mass is 9.87. The van der Waals surface area contributed by atoms with Crippen LogP contribution in [-0.4, -0.2) is 48.6 Å². The van der Waals surface area contributed by atoms with E-state index in [0.717, 1.165) is 9.87 Å². The minimum Gasteiger partial charge on any atom is -0.483 e. The number of ether oxygens (including phenoxy) is 1. The third-order valence-electron chi connectivity index (χ3n) is 5.57. The molecule has 2 unspecified atom stereocenters. The van der Waals surface area contributed by atoms with Crippen LogP contribution >= 0.6 is 0 Å². The van der Waals surface area contributed by atoms with Crippen molar-refractivity contribution in [2.24, 2.45) is 16.5 Å². The standard InChI is InChI=1S/C23H29N5O4S/c1-23(2)21(29)19(27-22(25)26)17-11-6-12-18(20(17)32-23)33(30,31)28(15-13-24)14-7-10-16-8-4-3-5-9-16/h3-6,8-9,11-12,19,21,29H,7,10,14-15H2,1-2H3,(H4,25,26,27). The average Bonchev–Trinajstić information content (AvgIpc) is 2.76.